The number of alkyl halides is 3. The molecule has 1 aromatic heterocycles. The quantitative estimate of drug-likeness (QED) is 0.152. The molecule has 192 valence electrons. The monoisotopic (exact) mass is 531 g/mol. The Morgan fingerprint density at radius 3 is 2.50 bits per heavy atom. The molecule has 8 heteroatoms. The van der Waals surface area contributed by atoms with E-state index < -0.39 is 6.36 Å². The number of halogens is 3. The van der Waals surface area contributed by atoms with Crippen molar-refractivity contribution in [3.63, 3.8) is 0 Å². The van der Waals surface area contributed by atoms with Gasteiger partial charge in [0.25, 0.3) is 0 Å². The van der Waals surface area contributed by atoms with E-state index in [1.165, 1.54) is 23.3 Å². The lowest BCUT2D eigenvalue weighted by molar-refractivity contribution is -0.274. The molecule has 0 aliphatic heterocycles. The Morgan fingerprint density at radius 2 is 1.76 bits per heavy atom. The average Bonchev–Trinajstić information content (AvgIpc) is 3.33. The lowest BCUT2D eigenvalue weighted by Gasteiger charge is -2.10. The second-order valence-electron chi connectivity index (χ2n) is 8.88. The van der Waals surface area contributed by atoms with Gasteiger partial charge >= 0.3 is 6.36 Å². The predicted octanol–water partition coefficient (Wildman–Crippen LogP) is 7.67. The molecule has 1 heterocycles. The number of benzene rings is 4. The van der Waals surface area contributed by atoms with Crippen LogP contribution in [0.2, 0.25) is 0 Å². The number of hydrogen-bond donors (Lipinski definition) is 0. The zero-order valence-electron chi connectivity index (χ0n) is 20.6. The van der Waals surface area contributed by atoms with Crippen molar-refractivity contribution in [2.45, 2.75) is 26.1 Å². The molecule has 0 aliphatic carbocycles. The number of thiocarbonyl (C=S) groups is 1. The average molecular weight is 532 g/mol. The van der Waals surface area contributed by atoms with Gasteiger partial charge in [0.2, 0.25) is 0 Å². The maximum absolute atomic E-state index is 12.5. The number of nitrogens with zero attached hydrogens (tertiary/aromatic N) is 3. The topological polar surface area (TPSA) is 39.4 Å². The molecule has 5 rings (SSSR count). The van der Waals surface area contributed by atoms with Gasteiger partial charge in [-0.25, -0.2) is 4.98 Å². The zero-order chi connectivity index (χ0) is 26.7. The van der Waals surface area contributed by atoms with Crippen LogP contribution in [0.4, 0.5) is 13.2 Å². The Balaban J connectivity index is 1.31. The summed E-state index contributed by atoms with van der Waals surface area (Å²) < 4.78 is 43.2. The van der Waals surface area contributed by atoms with Gasteiger partial charge in [0.1, 0.15) is 12.1 Å². The van der Waals surface area contributed by atoms with E-state index in [4.69, 9.17) is 12.2 Å². The van der Waals surface area contributed by atoms with E-state index >= 15 is 0 Å². The van der Waals surface area contributed by atoms with E-state index in [0.29, 0.717) is 12.2 Å². The Hall–Kier alpha value is -4.04. The van der Waals surface area contributed by atoms with Crippen molar-refractivity contribution in [2.24, 2.45) is 4.99 Å². The Kier molecular flexibility index (Phi) is 7.24. The van der Waals surface area contributed by atoms with Gasteiger partial charge in [-0.2, -0.15) is 0 Å². The third-order valence-corrected chi connectivity index (χ3v) is 6.57. The van der Waals surface area contributed by atoms with Crippen molar-refractivity contribution in [3.8, 4) is 11.4 Å². The fourth-order valence-corrected chi connectivity index (χ4v) is 4.75. The summed E-state index contributed by atoms with van der Waals surface area (Å²) in [6, 6.07) is 24.1. The van der Waals surface area contributed by atoms with Crippen molar-refractivity contribution < 1.29 is 17.9 Å². The van der Waals surface area contributed by atoms with Crippen LogP contribution in [-0.4, -0.2) is 33.5 Å². The third-order valence-electron chi connectivity index (χ3n) is 6.30. The second kappa shape index (κ2) is 10.8. The van der Waals surface area contributed by atoms with Crippen LogP contribution in [0.1, 0.15) is 23.6 Å². The van der Waals surface area contributed by atoms with Crippen molar-refractivity contribution in [3.05, 3.63) is 102 Å². The maximum Gasteiger partial charge on any atom is 0.573 e. The van der Waals surface area contributed by atoms with Crippen molar-refractivity contribution >= 4 is 45.1 Å². The molecule has 0 N–H and O–H groups in total. The highest BCUT2D eigenvalue weighted by Crippen LogP contribution is 2.28. The van der Waals surface area contributed by atoms with E-state index in [-0.39, 0.29) is 5.75 Å². The van der Waals surface area contributed by atoms with Crippen LogP contribution in [-0.2, 0) is 12.8 Å². The number of fused-ring (bicyclic) bond motifs is 3. The molecule has 0 spiro atoms. The molecular formula is C30H24F3N3OS. The maximum atomic E-state index is 12.5. The Bertz CT molecular complexity index is 1640. The van der Waals surface area contributed by atoms with Crippen LogP contribution >= 0.6 is 12.2 Å². The lowest BCUT2D eigenvalue weighted by atomic mass is 10.0. The Labute approximate surface area is 223 Å². The highest BCUT2D eigenvalue weighted by atomic mass is 32.1. The zero-order valence-corrected chi connectivity index (χ0v) is 21.4. The van der Waals surface area contributed by atoms with Crippen LogP contribution in [0.25, 0.3) is 27.5 Å². The molecular weight excluding hydrogens is 507 g/mol. The van der Waals surface area contributed by atoms with E-state index in [1.54, 1.807) is 18.5 Å². The number of aryl methyl sites for hydroxylation is 1. The van der Waals surface area contributed by atoms with Gasteiger partial charge in [-0.15, -0.1) is 13.2 Å². The second-order valence-corrected chi connectivity index (χ2v) is 9.45. The molecule has 0 aliphatic rings. The van der Waals surface area contributed by atoms with Gasteiger partial charge in [-0.3, -0.25) is 9.56 Å². The molecule has 4 nitrogen and oxygen atoms in total. The summed E-state index contributed by atoms with van der Waals surface area (Å²) in [4.78, 5) is 10.0. The van der Waals surface area contributed by atoms with Crippen LogP contribution in [0.15, 0.2) is 90.2 Å². The summed E-state index contributed by atoms with van der Waals surface area (Å²) >= 11 is 5.58. The van der Waals surface area contributed by atoms with Gasteiger partial charge in [-0.05, 0) is 64.9 Å². The van der Waals surface area contributed by atoms with Crippen LogP contribution in [0.5, 0.6) is 5.75 Å². The first-order chi connectivity index (χ1) is 18.3. The largest absolute Gasteiger partial charge is 0.573 e. The smallest absolute Gasteiger partial charge is 0.406 e. The van der Waals surface area contributed by atoms with E-state index in [1.807, 2.05) is 41.1 Å². The van der Waals surface area contributed by atoms with E-state index in [0.717, 1.165) is 45.1 Å². The van der Waals surface area contributed by atoms with Gasteiger partial charge in [-0.1, -0.05) is 61.6 Å². The van der Waals surface area contributed by atoms with E-state index in [9.17, 15) is 13.2 Å². The molecule has 0 saturated heterocycles. The normalized spacial score (nSPS) is 12.0. The minimum absolute atomic E-state index is 0.267. The summed E-state index contributed by atoms with van der Waals surface area (Å²) in [5.74, 6) is -0.267. The Morgan fingerprint density at radius 1 is 1.00 bits per heavy atom. The summed E-state index contributed by atoms with van der Waals surface area (Å²) in [6.45, 7) is 2.63. The van der Waals surface area contributed by atoms with Crippen molar-refractivity contribution in [2.75, 3.05) is 6.54 Å². The molecule has 4 aromatic carbocycles. The molecule has 38 heavy (non-hydrogen) atoms. The molecule has 5 aromatic rings. The van der Waals surface area contributed by atoms with Gasteiger partial charge in [0, 0.05) is 28.6 Å². The van der Waals surface area contributed by atoms with Crippen molar-refractivity contribution in [1.82, 2.24) is 9.55 Å². The number of aliphatic imine (C=N–C) groups is 1. The minimum Gasteiger partial charge on any atom is -0.406 e. The van der Waals surface area contributed by atoms with Crippen molar-refractivity contribution in [1.29, 1.82) is 0 Å². The number of rotatable bonds is 8. The fraction of sp³-hybridized carbons (Fsp3) is 0.167. The summed E-state index contributed by atoms with van der Waals surface area (Å²) in [7, 11) is 0. The first-order valence-electron chi connectivity index (χ1n) is 12.1. The highest BCUT2D eigenvalue weighted by molar-refractivity contribution is 7.80. The number of aromatic nitrogens is 2. The molecule has 0 saturated carbocycles. The van der Waals surface area contributed by atoms with Crippen LogP contribution in [0.3, 0.4) is 0 Å². The minimum atomic E-state index is -4.72. The lowest BCUT2D eigenvalue weighted by Crippen LogP contribution is -2.17. The fourth-order valence-electron chi connectivity index (χ4n) is 4.52. The summed E-state index contributed by atoms with van der Waals surface area (Å²) in [5, 5.41) is 1.99. The molecule has 0 fully saturated rings. The number of hydrogen-bond acceptors (Lipinski definition) is 4. The number of ether oxygens (including phenoxy) is 1. The molecule has 0 atom stereocenters. The third kappa shape index (κ3) is 5.75. The first kappa shape index (κ1) is 25.6. The highest BCUT2D eigenvalue weighted by Gasteiger charge is 2.31. The summed E-state index contributed by atoms with van der Waals surface area (Å²) in [5.41, 5.74) is 5.87. The van der Waals surface area contributed by atoms with E-state index in [2.05, 4.69) is 45.9 Å². The molecule has 0 unspecified atom stereocenters. The van der Waals surface area contributed by atoms with Gasteiger partial charge < -0.3 is 4.74 Å². The predicted molar refractivity (Wildman–Crippen MR) is 150 cm³/mol. The molecule has 0 amide bonds. The molecule has 0 radical (unpaired) electrons. The SMILES string of the molecule is CCc1ccccc1CC(=S)CN=Cc1ccc2c(ccc3c2ncn3-c2ccc(OC(F)(F)F)cc2)c1. The number of imidazole rings is 1. The standard InChI is InChI=1S/C30H24F3N3OS/c1-2-21-5-3-4-6-22(21)16-26(38)18-34-17-20-7-13-27-23(15-20)8-14-28-29(27)35-19-36(28)24-9-11-25(12-10-24)37-30(31,32)33/h3-15,17,19H,2,16,18H2,1H3. The van der Waals surface area contributed by atoms with Crippen LogP contribution in [0, 0.1) is 0 Å². The van der Waals surface area contributed by atoms with Crippen LogP contribution < -0.4 is 4.74 Å². The molecule has 0 bridgehead atoms. The summed E-state index contributed by atoms with van der Waals surface area (Å²) in [6.07, 6.45) is 0.501. The first-order valence-corrected chi connectivity index (χ1v) is 12.6. The van der Waals surface area contributed by atoms with Gasteiger partial charge in [0.05, 0.1) is 17.6 Å². The van der Waals surface area contributed by atoms with Gasteiger partial charge in [0.15, 0.2) is 0 Å².